The number of esters is 1. The van der Waals surface area contributed by atoms with Crippen LogP contribution in [0.2, 0.25) is 5.02 Å². The van der Waals surface area contributed by atoms with E-state index in [0.29, 0.717) is 37.7 Å². The first-order valence-corrected chi connectivity index (χ1v) is 9.69. The van der Waals surface area contributed by atoms with Crippen molar-refractivity contribution in [2.24, 2.45) is 0 Å². The van der Waals surface area contributed by atoms with E-state index in [0.717, 1.165) is 11.1 Å². The summed E-state index contributed by atoms with van der Waals surface area (Å²) in [6, 6.07) is 10.8. The predicted octanol–water partition coefficient (Wildman–Crippen LogP) is 4.61. The highest BCUT2D eigenvalue weighted by atomic mass is 35.5. The maximum Gasteiger partial charge on any atom is 0.350 e. The number of halogens is 1. The molecular formula is C20H16ClN3O4S. The van der Waals surface area contributed by atoms with Gasteiger partial charge >= 0.3 is 5.97 Å². The van der Waals surface area contributed by atoms with E-state index in [-0.39, 0.29) is 0 Å². The third-order valence-electron chi connectivity index (χ3n) is 4.34. The Labute approximate surface area is 175 Å². The molecule has 0 amide bonds. The summed E-state index contributed by atoms with van der Waals surface area (Å²) in [6.07, 6.45) is 1.64. The number of carbonyl (C=O) groups is 1. The fourth-order valence-electron chi connectivity index (χ4n) is 2.96. The largest absolute Gasteiger partial charge is 0.493 e. The van der Waals surface area contributed by atoms with Crippen molar-refractivity contribution < 1.29 is 19.0 Å². The van der Waals surface area contributed by atoms with Gasteiger partial charge in [-0.15, -0.1) is 0 Å². The van der Waals surface area contributed by atoms with Gasteiger partial charge in [0.1, 0.15) is 11.2 Å². The number of aromatic nitrogens is 3. The van der Waals surface area contributed by atoms with Crippen LogP contribution in [-0.4, -0.2) is 41.8 Å². The van der Waals surface area contributed by atoms with Gasteiger partial charge < -0.3 is 14.2 Å². The Morgan fingerprint density at radius 2 is 1.86 bits per heavy atom. The lowest BCUT2D eigenvalue weighted by Gasteiger charge is -2.07. The van der Waals surface area contributed by atoms with Gasteiger partial charge in [-0.05, 0) is 12.1 Å². The van der Waals surface area contributed by atoms with Crippen molar-refractivity contribution >= 4 is 39.9 Å². The molecule has 0 saturated heterocycles. The van der Waals surface area contributed by atoms with E-state index in [9.17, 15) is 4.79 Å². The molecule has 0 N–H and O–H groups in total. The van der Waals surface area contributed by atoms with Gasteiger partial charge in [0.25, 0.3) is 0 Å². The van der Waals surface area contributed by atoms with E-state index in [2.05, 4.69) is 4.98 Å². The molecule has 2 aromatic heterocycles. The molecule has 2 heterocycles. The van der Waals surface area contributed by atoms with Gasteiger partial charge in [-0.2, -0.15) is 0 Å². The molecule has 2 aromatic carbocycles. The summed E-state index contributed by atoms with van der Waals surface area (Å²) in [5.41, 5.74) is 2.71. The molecule has 148 valence electrons. The van der Waals surface area contributed by atoms with Crippen molar-refractivity contribution in [3.8, 4) is 27.9 Å². The Bertz CT molecular complexity index is 1220. The zero-order valence-electron chi connectivity index (χ0n) is 15.8. The second kappa shape index (κ2) is 7.73. The number of ether oxygens (including phenoxy) is 3. The number of hydrogen-bond acceptors (Lipinski definition) is 7. The molecule has 0 spiro atoms. The summed E-state index contributed by atoms with van der Waals surface area (Å²) in [7, 11) is 4.48. The van der Waals surface area contributed by atoms with Gasteiger partial charge in [-0.1, -0.05) is 35.1 Å². The molecule has 9 heteroatoms. The first-order chi connectivity index (χ1) is 14.0. The zero-order chi connectivity index (χ0) is 20.5. The van der Waals surface area contributed by atoms with E-state index in [1.165, 1.54) is 18.4 Å². The minimum absolute atomic E-state index is 0.382. The Hall–Kier alpha value is -3.10. The van der Waals surface area contributed by atoms with Crippen LogP contribution in [0.3, 0.4) is 0 Å². The fraction of sp³-hybridized carbons (Fsp3) is 0.150. The number of rotatable bonds is 5. The number of hydrogen-bond donors (Lipinski definition) is 0. The highest BCUT2D eigenvalue weighted by Gasteiger charge is 2.22. The quantitative estimate of drug-likeness (QED) is 0.431. The van der Waals surface area contributed by atoms with Crippen molar-refractivity contribution in [3.63, 3.8) is 0 Å². The predicted molar refractivity (Wildman–Crippen MR) is 112 cm³/mol. The molecule has 0 bridgehead atoms. The van der Waals surface area contributed by atoms with Crippen LogP contribution in [0.5, 0.6) is 11.5 Å². The molecule has 0 aliphatic heterocycles. The molecular weight excluding hydrogens is 414 g/mol. The number of nitrogens with zero attached hydrogens (tertiary/aromatic N) is 3. The molecule has 0 saturated carbocycles. The smallest absolute Gasteiger partial charge is 0.350 e. The fourth-order valence-corrected chi connectivity index (χ4v) is 4.14. The topological polar surface area (TPSA) is 75.5 Å². The van der Waals surface area contributed by atoms with Crippen molar-refractivity contribution in [1.29, 1.82) is 0 Å². The second-order valence-corrected chi connectivity index (χ2v) is 7.40. The standard InChI is InChI=1S/C20H16ClN3O4S/c1-26-15-8-13-14(9-16(15)27-2)24(10-22-13)20-23-17(18(29-20)19(25)28-3)11-5-4-6-12(21)7-11/h4-10H,1-3H3. The van der Waals surface area contributed by atoms with Gasteiger partial charge in [0.05, 0.1) is 38.1 Å². The lowest BCUT2D eigenvalue weighted by molar-refractivity contribution is 0.0607. The van der Waals surface area contributed by atoms with Crippen LogP contribution in [0.25, 0.3) is 27.4 Å². The normalized spacial score (nSPS) is 10.9. The van der Waals surface area contributed by atoms with Crippen LogP contribution < -0.4 is 9.47 Å². The Morgan fingerprint density at radius 3 is 2.55 bits per heavy atom. The first-order valence-electron chi connectivity index (χ1n) is 8.50. The minimum atomic E-state index is -0.465. The number of methoxy groups -OCH3 is 3. The molecule has 4 rings (SSSR count). The van der Waals surface area contributed by atoms with Crippen LogP contribution in [0.4, 0.5) is 0 Å². The molecule has 0 aliphatic carbocycles. The highest BCUT2D eigenvalue weighted by molar-refractivity contribution is 7.16. The van der Waals surface area contributed by atoms with Gasteiger partial charge in [-0.3, -0.25) is 4.57 Å². The molecule has 0 fully saturated rings. The zero-order valence-corrected chi connectivity index (χ0v) is 17.4. The maximum atomic E-state index is 12.4. The average Bonchev–Trinajstić information content (AvgIpc) is 3.35. The van der Waals surface area contributed by atoms with Crippen LogP contribution >= 0.6 is 22.9 Å². The summed E-state index contributed by atoms with van der Waals surface area (Å²) in [5.74, 6) is 0.688. The van der Waals surface area contributed by atoms with Gasteiger partial charge in [0.2, 0.25) is 0 Å². The molecule has 0 unspecified atom stereocenters. The van der Waals surface area contributed by atoms with Crippen LogP contribution in [0.15, 0.2) is 42.7 Å². The summed E-state index contributed by atoms with van der Waals surface area (Å²) < 4.78 is 17.5. The van der Waals surface area contributed by atoms with E-state index in [1.54, 1.807) is 43.3 Å². The Balaban J connectivity index is 1.91. The minimum Gasteiger partial charge on any atom is -0.493 e. The van der Waals surface area contributed by atoms with Crippen molar-refractivity contribution in [1.82, 2.24) is 14.5 Å². The first kappa shape index (κ1) is 19.2. The maximum absolute atomic E-state index is 12.4. The molecule has 0 radical (unpaired) electrons. The number of imidazole rings is 1. The molecule has 0 atom stereocenters. The van der Waals surface area contributed by atoms with E-state index in [1.807, 2.05) is 18.2 Å². The van der Waals surface area contributed by atoms with Crippen LogP contribution in [-0.2, 0) is 4.74 Å². The Morgan fingerprint density at radius 1 is 1.10 bits per heavy atom. The molecule has 29 heavy (non-hydrogen) atoms. The molecule has 7 nitrogen and oxygen atoms in total. The number of carbonyl (C=O) groups excluding carboxylic acids is 1. The van der Waals surface area contributed by atoms with Gasteiger partial charge in [-0.25, -0.2) is 14.8 Å². The van der Waals surface area contributed by atoms with E-state index in [4.69, 9.17) is 30.8 Å². The van der Waals surface area contributed by atoms with Crippen LogP contribution in [0, 0.1) is 0 Å². The average molecular weight is 430 g/mol. The molecule has 4 aromatic rings. The SMILES string of the molecule is COC(=O)c1sc(-n2cnc3cc(OC)c(OC)cc32)nc1-c1cccc(Cl)c1. The van der Waals surface area contributed by atoms with Gasteiger partial charge in [0.15, 0.2) is 16.6 Å². The lowest BCUT2D eigenvalue weighted by atomic mass is 10.1. The second-order valence-electron chi connectivity index (χ2n) is 5.99. The highest BCUT2D eigenvalue weighted by Crippen LogP contribution is 2.36. The summed E-state index contributed by atoms with van der Waals surface area (Å²) in [4.78, 5) is 21.9. The number of thiazole rings is 1. The lowest BCUT2D eigenvalue weighted by Crippen LogP contribution is -2.00. The van der Waals surface area contributed by atoms with Crippen LogP contribution in [0.1, 0.15) is 9.67 Å². The van der Waals surface area contributed by atoms with Crippen molar-refractivity contribution in [3.05, 3.63) is 52.6 Å². The van der Waals surface area contributed by atoms with Crippen molar-refractivity contribution in [2.45, 2.75) is 0 Å². The number of fused-ring (bicyclic) bond motifs is 1. The molecule has 0 aliphatic rings. The van der Waals surface area contributed by atoms with E-state index >= 15 is 0 Å². The Kier molecular flexibility index (Phi) is 5.12. The summed E-state index contributed by atoms with van der Waals surface area (Å²) >= 11 is 7.34. The summed E-state index contributed by atoms with van der Waals surface area (Å²) in [6.45, 7) is 0. The van der Waals surface area contributed by atoms with Gasteiger partial charge in [0, 0.05) is 22.7 Å². The third kappa shape index (κ3) is 3.41. The monoisotopic (exact) mass is 429 g/mol. The van der Waals surface area contributed by atoms with Crippen molar-refractivity contribution in [2.75, 3.05) is 21.3 Å². The summed E-state index contributed by atoms with van der Waals surface area (Å²) in [5, 5.41) is 1.12. The van der Waals surface area contributed by atoms with E-state index < -0.39 is 5.97 Å². The third-order valence-corrected chi connectivity index (χ3v) is 5.61. The number of benzene rings is 2.